The number of benzene rings is 3. The molecule has 1 saturated carbocycles. The fraction of sp³-hybridized carbons (Fsp3) is 0.360. The Hall–Kier alpha value is -2.32. The second-order valence-corrected chi connectivity index (χ2v) is 8.24. The highest BCUT2D eigenvalue weighted by Gasteiger charge is 2.43. The number of hydrogen-bond acceptors (Lipinski definition) is 2. The van der Waals surface area contributed by atoms with Gasteiger partial charge >= 0.3 is 0 Å². The average Bonchev–Trinajstić information content (AvgIpc) is 3.14. The van der Waals surface area contributed by atoms with Crippen LogP contribution in [-0.2, 0) is 0 Å². The minimum Gasteiger partial charge on any atom is -0.487 e. The van der Waals surface area contributed by atoms with Crippen molar-refractivity contribution in [3.63, 3.8) is 0 Å². The van der Waals surface area contributed by atoms with E-state index in [1.54, 1.807) is 0 Å². The molecule has 1 spiro atoms. The van der Waals surface area contributed by atoms with Crippen molar-refractivity contribution < 1.29 is 4.74 Å². The van der Waals surface area contributed by atoms with Gasteiger partial charge in [-0.1, -0.05) is 60.7 Å². The van der Waals surface area contributed by atoms with Gasteiger partial charge in [0.2, 0.25) is 0 Å². The third-order valence-corrected chi connectivity index (χ3v) is 6.45. The number of ether oxygens (including phenoxy) is 1. The molecule has 2 heteroatoms. The largest absolute Gasteiger partial charge is 0.487 e. The lowest BCUT2D eigenvalue weighted by molar-refractivity contribution is 0.0351. The van der Waals surface area contributed by atoms with Crippen molar-refractivity contribution >= 4 is 10.8 Å². The van der Waals surface area contributed by atoms with Gasteiger partial charge in [0.15, 0.2) is 0 Å². The second kappa shape index (κ2) is 6.69. The third-order valence-electron chi connectivity index (χ3n) is 6.45. The second-order valence-electron chi connectivity index (χ2n) is 8.24. The lowest BCUT2D eigenvalue weighted by Gasteiger charge is -2.41. The summed E-state index contributed by atoms with van der Waals surface area (Å²) in [5.41, 5.74) is 2.71. The van der Waals surface area contributed by atoms with Crippen molar-refractivity contribution in [2.75, 3.05) is 0 Å². The third kappa shape index (κ3) is 3.02. The maximum atomic E-state index is 6.53. The van der Waals surface area contributed by atoms with Crippen LogP contribution in [0.4, 0.5) is 0 Å². The van der Waals surface area contributed by atoms with Crippen LogP contribution in [0.1, 0.15) is 62.2 Å². The summed E-state index contributed by atoms with van der Waals surface area (Å²) >= 11 is 0. The van der Waals surface area contributed by atoms with Gasteiger partial charge in [0.1, 0.15) is 11.4 Å². The van der Waals surface area contributed by atoms with Crippen molar-refractivity contribution in [1.82, 2.24) is 5.32 Å². The molecule has 3 aromatic carbocycles. The van der Waals surface area contributed by atoms with Gasteiger partial charge in [0.25, 0.3) is 0 Å². The molecule has 3 aromatic rings. The van der Waals surface area contributed by atoms with Crippen LogP contribution in [-0.4, -0.2) is 5.60 Å². The van der Waals surface area contributed by atoms with Crippen molar-refractivity contribution in [2.45, 2.75) is 56.7 Å². The van der Waals surface area contributed by atoms with Crippen LogP contribution in [0.3, 0.4) is 0 Å². The van der Waals surface area contributed by atoms with E-state index in [2.05, 4.69) is 79.0 Å². The number of nitrogens with one attached hydrogen (secondary N) is 1. The molecule has 0 bridgehead atoms. The lowest BCUT2D eigenvalue weighted by atomic mass is 9.85. The van der Waals surface area contributed by atoms with E-state index in [0.717, 1.165) is 12.2 Å². The molecule has 2 unspecified atom stereocenters. The molecular weight excluding hydrogens is 330 g/mol. The van der Waals surface area contributed by atoms with E-state index in [4.69, 9.17) is 4.74 Å². The van der Waals surface area contributed by atoms with Gasteiger partial charge in [-0.15, -0.1) is 0 Å². The van der Waals surface area contributed by atoms with Gasteiger partial charge in [0, 0.05) is 24.1 Å². The standard InChI is InChI=1S/C25H27NO/c1-18(20-13-8-10-19-9-2-3-11-21(19)20)26-23-17-25(15-6-7-16-25)27-24-14-5-4-12-22(23)24/h2-5,8-14,18,23,26H,6-7,15-17H2,1H3. The Balaban J connectivity index is 1.48. The number of hydrogen-bond donors (Lipinski definition) is 1. The van der Waals surface area contributed by atoms with Gasteiger partial charge in [-0.2, -0.15) is 0 Å². The van der Waals surface area contributed by atoms with Gasteiger partial charge in [-0.3, -0.25) is 0 Å². The predicted octanol–water partition coefficient (Wildman–Crippen LogP) is 6.33. The minimum atomic E-state index is 0.0322. The Morgan fingerprint density at radius 2 is 1.67 bits per heavy atom. The van der Waals surface area contributed by atoms with E-state index < -0.39 is 0 Å². The number of para-hydroxylation sites is 1. The fourth-order valence-corrected chi connectivity index (χ4v) is 5.11. The maximum Gasteiger partial charge on any atom is 0.124 e. The molecule has 0 radical (unpaired) electrons. The highest BCUT2D eigenvalue weighted by Crippen LogP contribution is 2.47. The van der Waals surface area contributed by atoms with Gasteiger partial charge < -0.3 is 10.1 Å². The van der Waals surface area contributed by atoms with E-state index >= 15 is 0 Å². The van der Waals surface area contributed by atoms with Crippen LogP contribution < -0.4 is 10.1 Å². The summed E-state index contributed by atoms with van der Waals surface area (Å²) in [6.45, 7) is 2.29. The Labute approximate surface area is 161 Å². The summed E-state index contributed by atoms with van der Waals surface area (Å²) in [6, 6.07) is 24.5. The molecule has 1 fully saturated rings. The first-order valence-electron chi connectivity index (χ1n) is 10.3. The van der Waals surface area contributed by atoms with Gasteiger partial charge in [-0.25, -0.2) is 0 Å². The Bertz CT molecular complexity index is 952. The highest BCUT2D eigenvalue weighted by atomic mass is 16.5. The smallest absolute Gasteiger partial charge is 0.124 e. The van der Waals surface area contributed by atoms with Crippen LogP contribution in [0.2, 0.25) is 0 Å². The molecule has 0 aromatic heterocycles. The molecule has 2 atom stereocenters. The first-order chi connectivity index (χ1) is 13.2. The summed E-state index contributed by atoms with van der Waals surface area (Å²) in [5.74, 6) is 1.08. The first kappa shape index (κ1) is 16.8. The molecule has 1 heterocycles. The van der Waals surface area contributed by atoms with E-state index in [9.17, 15) is 0 Å². The summed E-state index contributed by atoms with van der Waals surface area (Å²) in [4.78, 5) is 0. The predicted molar refractivity (Wildman–Crippen MR) is 111 cm³/mol. The number of rotatable bonds is 3. The van der Waals surface area contributed by atoms with Crippen LogP contribution in [0.5, 0.6) is 5.75 Å². The summed E-state index contributed by atoms with van der Waals surface area (Å²) in [6.07, 6.45) is 6.00. The molecule has 2 aliphatic rings. The molecule has 0 amide bonds. The van der Waals surface area contributed by atoms with Gasteiger partial charge in [0.05, 0.1) is 0 Å². The minimum absolute atomic E-state index is 0.0322. The zero-order valence-electron chi connectivity index (χ0n) is 15.9. The van der Waals surface area contributed by atoms with E-state index in [0.29, 0.717) is 6.04 Å². The van der Waals surface area contributed by atoms with E-state index in [1.807, 2.05) is 0 Å². The highest BCUT2D eigenvalue weighted by molar-refractivity contribution is 5.86. The Kier molecular flexibility index (Phi) is 4.17. The summed E-state index contributed by atoms with van der Waals surface area (Å²) < 4.78 is 6.53. The molecule has 1 N–H and O–H groups in total. The monoisotopic (exact) mass is 357 g/mol. The SMILES string of the molecule is CC(NC1CC2(CCCC2)Oc2ccccc21)c1cccc2ccccc12. The zero-order valence-corrected chi connectivity index (χ0v) is 15.9. The summed E-state index contributed by atoms with van der Waals surface area (Å²) in [7, 11) is 0. The molecule has 1 aliphatic heterocycles. The molecule has 2 nitrogen and oxygen atoms in total. The summed E-state index contributed by atoms with van der Waals surface area (Å²) in [5, 5.41) is 6.61. The zero-order chi connectivity index (χ0) is 18.3. The van der Waals surface area contributed by atoms with Crippen LogP contribution in [0, 0.1) is 0 Å². The lowest BCUT2D eigenvalue weighted by Crippen LogP contribution is -2.42. The van der Waals surface area contributed by atoms with Crippen LogP contribution >= 0.6 is 0 Å². The van der Waals surface area contributed by atoms with Crippen molar-refractivity contribution in [3.05, 3.63) is 77.9 Å². The van der Waals surface area contributed by atoms with E-state index in [1.165, 1.54) is 47.6 Å². The molecule has 27 heavy (non-hydrogen) atoms. The normalized spacial score (nSPS) is 21.7. The molecular formula is C25H27NO. The van der Waals surface area contributed by atoms with Crippen LogP contribution in [0.25, 0.3) is 10.8 Å². The van der Waals surface area contributed by atoms with Gasteiger partial charge in [-0.05, 0) is 55.0 Å². The average molecular weight is 357 g/mol. The topological polar surface area (TPSA) is 21.3 Å². The Morgan fingerprint density at radius 1 is 0.926 bits per heavy atom. The molecule has 138 valence electrons. The molecule has 1 aliphatic carbocycles. The Morgan fingerprint density at radius 3 is 2.56 bits per heavy atom. The quantitative estimate of drug-likeness (QED) is 0.591. The maximum absolute atomic E-state index is 6.53. The first-order valence-corrected chi connectivity index (χ1v) is 10.3. The van der Waals surface area contributed by atoms with Crippen LogP contribution in [0.15, 0.2) is 66.7 Å². The van der Waals surface area contributed by atoms with Crippen molar-refractivity contribution in [1.29, 1.82) is 0 Å². The fourth-order valence-electron chi connectivity index (χ4n) is 5.11. The van der Waals surface area contributed by atoms with Crippen molar-refractivity contribution in [3.8, 4) is 5.75 Å². The van der Waals surface area contributed by atoms with E-state index in [-0.39, 0.29) is 11.6 Å². The molecule has 0 saturated heterocycles. The molecule has 5 rings (SSSR count). The number of fused-ring (bicyclic) bond motifs is 2. The van der Waals surface area contributed by atoms with Crippen molar-refractivity contribution in [2.24, 2.45) is 0 Å².